The Morgan fingerprint density at radius 3 is 1.25 bits per heavy atom. The van der Waals surface area contributed by atoms with Crippen molar-refractivity contribution < 1.29 is 0 Å². The van der Waals surface area contributed by atoms with Crippen LogP contribution in [0.25, 0.3) is 11.1 Å². The molecule has 2 unspecified atom stereocenters. The van der Waals surface area contributed by atoms with E-state index in [4.69, 9.17) is 0 Å². The van der Waals surface area contributed by atoms with Crippen molar-refractivity contribution in [2.75, 3.05) is 0 Å². The Morgan fingerprint density at radius 1 is 0.625 bits per heavy atom. The van der Waals surface area contributed by atoms with Crippen molar-refractivity contribution in [3.8, 4) is 11.1 Å². The molecule has 0 spiro atoms. The van der Waals surface area contributed by atoms with E-state index in [1.165, 1.54) is 71.9 Å². The molecule has 0 aliphatic heterocycles. The maximum absolute atomic E-state index is 3.81. The Labute approximate surface area is 200 Å². The van der Waals surface area contributed by atoms with E-state index in [1.54, 1.807) is 0 Å². The van der Waals surface area contributed by atoms with Gasteiger partial charge in [0.2, 0.25) is 0 Å². The monoisotopic (exact) mass is 432 g/mol. The smallest absolute Gasteiger partial charge is 0.00583 e. The second kappa shape index (κ2) is 11.0. The first-order valence-electron chi connectivity index (χ1n) is 13.0. The van der Waals surface area contributed by atoms with E-state index in [9.17, 15) is 0 Å². The summed E-state index contributed by atoms with van der Waals surface area (Å²) in [7, 11) is 0. The van der Waals surface area contributed by atoms with E-state index in [0.717, 1.165) is 0 Å². The number of unbranched alkanes of at least 4 members (excludes halogenated alkanes) is 2. The molecular weight excluding hydrogens is 384 g/mol. The zero-order valence-electron chi connectivity index (χ0n) is 22.7. The molecule has 0 aromatic heterocycles. The summed E-state index contributed by atoms with van der Waals surface area (Å²) in [5.74, 6) is 1.14. The molecule has 0 heterocycles. The Balaban J connectivity index is 2.65. The zero-order chi connectivity index (χ0) is 24.1. The van der Waals surface area contributed by atoms with Crippen LogP contribution in [-0.4, -0.2) is 0 Å². The molecule has 0 fully saturated rings. The van der Waals surface area contributed by atoms with Crippen LogP contribution in [0.5, 0.6) is 0 Å². The minimum absolute atomic E-state index is 0.0775. The van der Waals surface area contributed by atoms with Gasteiger partial charge in [0.15, 0.2) is 0 Å². The van der Waals surface area contributed by atoms with Crippen LogP contribution in [0.1, 0.15) is 142 Å². The fourth-order valence-corrected chi connectivity index (χ4v) is 4.21. The normalized spacial score (nSPS) is 14.4. The van der Waals surface area contributed by atoms with E-state index in [1.807, 2.05) is 0 Å². The first kappa shape index (κ1) is 26.7. The topological polar surface area (TPSA) is 0 Å². The lowest BCUT2D eigenvalue weighted by atomic mass is 9.79. The molecule has 2 aromatic rings. The summed E-state index contributed by atoms with van der Waals surface area (Å²) in [5.41, 5.74) is 8.10. The summed E-state index contributed by atoms with van der Waals surface area (Å²) < 4.78 is 0. The third-order valence-electron chi connectivity index (χ3n) is 6.81. The van der Waals surface area contributed by atoms with Crippen molar-refractivity contribution in [1.29, 1.82) is 0 Å². The molecule has 0 bridgehead atoms. The van der Waals surface area contributed by atoms with Gasteiger partial charge in [-0.05, 0) is 81.0 Å². The fraction of sp³-hybridized carbons (Fsp3) is 0.625. The van der Waals surface area contributed by atoms with Crippen LogP contribution in [0, 0.1) is 12.1 Å². The molecule has 0 heteroatoms. The highest BCUT2D eigenvalue weighted by atomic mass is 14.3. The Kier molecular flexibility index (Phi) is 9.21. The quantitative estimate of drug-likeness (QED) is 0.369. The summed E-state index contributed by atoms with van der Waals surface area (Å²) in [4.78, 5) is 0. The molecule has 176 valence electrons. The molecule has 0 amide bonds. The maximum Gasteiger partial charge on any atom is -0.00583 e. The van der Waals surface area contributed by atoms with E-state index in [-0.39, 0.29) is 10.8 Å². The zero-order valence-corrected chi connectivity index (χ0v) is 22.7. The van der Waals surface area contributed by atoms with Gasteiger partial charge >= 0.3 is 0 Å². The van der Waals surface area contributed by atoms with Gasteiger partial charge in [-0.2, -0.15) is 0 Å². The van der Waals surface area contributed by atoms with Crippen molar-refractivity contribution in [2.45, 2.75) is 130 Å². The molecule has 2 radical (unpaired) electrons. The Bertz CT molecular complexity index is 783. The van der Waals surface area contributed by atoms with Crippen LogP contribution in [-0.2, 0) is 10.8 Å². The Hall–Kier alpha value is -1.56. The summed E-state index contributed by atoms with van der Waals surface area (Å²) in [6, 6.07) is 17.2. The first-order valence-corrected chi connectivity index (χ1v) is 13.0. The van der Waals surface area contributed by atoms with Crippen LogP contribution in [0.2, 0.25) is 0 Å². The molecular formula is C32H48. The Morgan fingerprint density at radius 2 is 0.969 bits per heavy atom. The van der Waals surface area contributed by atoms with Crippen LogP contribution >= 0.6 is 0 Å². The SMILES string of the molecule is CCCCC(C)c1cc(-c2[c]c(C(C)(C)C)cc(C(C)CCCC)c2)[c]c(C(C)(C)C)c1. The van der Waals surface area contributed by atoms with E-state index in [2.05, 4.69) is 106 Å². The predicted molar refractivity (Wildman–Crippen MR) is 143 cm³/mol. The molecule has 0 saturated carbocycles. The van der Waals surface area contributed by atoms with Gasteiger partial charge in [0.1, 0.15) is 0 Å². The van der Waals surface area contributed by atoms with Gasteiger partial charge in [-0.1, -0.05) is 119 Å². The van der Waals surface area contributed by atoms with Crippen LogP contribution in [0.4, 0.5) is 0 Å². The van der Waals surface area contributed by atoms with Crippen molar-refractivity contribution in [3.05, 3.63) is 58.7 Å². The lowest BCUT2D eigenvalue weighted by molar-refractivity contribution is 0.581. The van der Waals surface area contributed by atoms with Gasteiger partial charge in [0.05, 0.1) is 0 Å². The highest BCUT2D eigenvalue weighted by molar-refractivity contribution is 5.67. The van der Waals surface area contributed by atoms with E-state index in [0.29, 0.717) is 11.8 Å². The highest BCUT2D eigenvalue weighted by Crippen LogP contribution is 2.36. The number of hydrogen-bond acceptors (Lipinski definition) is 0. The predicted octanol–water partition coefficient (Wildman–Crippen LogP) is 10.1. The summed E-state index contributed by atoms with van der Waals surface area (Å²) in [5, 5.41) is 0. The van der Waals surface area contributed by atoms with Crippen molar-refractivity contribution in [3.63, 3.8) is 0 Å². The van der Waals surface area contributed by atoms with Crippen LogP contribution in [0.3, 0.4) is 0 Å². The molecule has 2 rings (SSSR count). The molecule has 0 saturated heterocycles. The average Bonchev–Trinajstić information content (AvgIpc) is 2.73. The van der Waals surface area contributed by atoms with Crippen LogP contribution in [0.15, 0.2) is 24.3 Å². The third kappa shape index (κ3) is 7.23. The lowest BCUT2D eigenvalue weighted by Crippen LogP contribution is -2.14. The minimum Gasteiger partial charge on any atom is -0.0654 e. The van der Waals surface area contributed by atoms with Crippen molar-refractivity contribution in [2.24, 2.45) is 0 Å². The van der Waals surface area contributed by atoms with Gasteiger partial charge in [0, 0.05) is 0 Å². The molecule has 32 heavy (non-hydrogen) atoms. The van der Waals surface area contributed by atoms with Gasteiger partial charge in [-0.3, -0.25) is 0 Å². The minimum atomic E-state index is 0.0775. The second-order valence-corrected chi connectivity index (χ2v) is 12.1. The molecule has 0 aliphatic rings. The van der Waals surface area contributed by atoms with E-state index < -0.39 is 0 Å². The third-order valence-corrected chi connectivity index (χ3v) is 6.81. The molecule has 2 aromatic carbocycles. The average molecular weight is 433 g/mol. The largest absolute Gasteiger partial charge is 0.0654 e. The molecule has 2 atom stereocenters. The second-order valence-electron chi connectivity index (χ2n) is 12.1. The van der Waals surface area contributed by atoms with E-state index >= 15 is 0 Å². The van der Waals surface area contributed by atoms with Gasteiger partial charge < -0.3 is 0 Å². The highest BCUT2D eigenvalue weighted by Gasteiger charge is 2.21. The molecule has 0 N–H and O–H groups in total. The lowest BCUT2D eigenvalue weighted by Gasteiger charge is -2.25. The number of benzene rings is 2. The first-order chi connectivity index (χ1) is 14.9. The summed E-state index contributed by atoms with van der Waals surface area (Å²) >= 11 is 0. The summed E-state index contributed by atoms with van der Waals surface area (Å²) in [6.07, 6.45) is 7.56. The fourth-order valence-electron chi connectivity index (χ4n) is 4.21. The maximum atomic E-state index is 3.81. The summed E-state index contributed by atoms with van der Waals surface area (Å²) in [6.45, 7) is 23.1. The van der Waals surface area contributed by atoms with Gasteiger partial charge in [0.25, 0.3) is 0 Å². The number of rotatable bonds is 9. The van der Waals surface area contributed by atoms with Gasteiger partial charge in [-0.25, -0.2) is 0 Å². The van der Waals surface area contributed by atoms with Crippen molar-refractivity contribution >= 4 is 0 Å². The van der Waals surface area contributed by atoms with Gasteiger partial charge in [-0.15, -0.1) is 0 Å². The number of hydrogen-bond donors (Lipinski definition) is 0. The molecule has 0 nitrogen and oxygen atoms in total. The van der Waals surface area contributed by atoms with Crippen molar-refractivity contribution in [1.82, 2.24) is 0 Å². The molecule has 0 aliphatic carbocycles. The van der Waals surface area contributed by atoms with Crippen LogP contribution < -0.4 is 0 Å². The standard InChI is InChI=1S/C32H48/c1-11-13-15-23(3)25-17-27(21-29(19-25)31(5,6)7)28-18-26(24(4)16-14-12-2)20-30(22-28)32(8,9)10/h17-20,23-24H,11-16H2,1-10H3.